The lowest BCUT2D eigenvalue weighted by molar-refractivity contribution is 0.0401. The van der Waals surface area contributed by atoms with Crippen molar-refractivity contribution in [3.05, 3.63) is 11.8 Å². The third-order valence-corrected chi connectivity index (χ3v) is 5.13. The number of hydrogen-bond acceptors (Lipinski definition) is 7. The molecule has 1 saturated heterocycles. The van der Waals surface area contributed by atoms with Gasteiger partial charge in [-0.15, -0.1) is 0 Å². The molecule has 5 nitrogen and oxygen atoms in total. The summed E-state index contributed by atoms with van der Waals surface area (Å²) < 4.78 is 16.9. The molecule has 0 saturated carbocycles. The minimum Gasteiger partial charge on any atom is -0.406 e. The predicted molar refractivity (Wildman–Crippen MR) is 79.1 cm³/mol. The molecule has 0 N–H and O–H groups in total. The van der Waals surface area contributed by atoms with Gasteiger partial charge in [0.15, 0.2) is 5.16 Å². The summed E-state index contributed by atoms with van der Waals surface area (Å²) in [6, 6.07) is 1.74. The Balaban J connectivity index is 2.13. The molecule has 2 heterocycles. The third kappa shape index (κ3) is 4.13. The lowest BCUT2D eigenvalue weighted by atomic mass is 9.97. The molecule has 0 aliphatic carbocycles. The van der Waals surface area contributed by atoms with Gasteiger partial charge in [-0.2, -0.15) is 4.98 Å². The zero-order chi connectivity index (χ0) is 14.1. The van der Waals surface area contributed by atoms with Gasteiger partial charge in [0.25, 0.3) is 0 Å². The number of hydrogen-bond donors (Lipinski definition) is 0. The quantitative estimate of drug-likeness (QED) is 0.481. The maximum absolute atomic E-state index is 5.68. The Bertz CT molecular complexity index is 511. The van der Waals surface area contributed by atoms with Crippen molar-refractivity contribution < 1.29 is 13.6 Å². The van der Waals surface area contributed by atoms with Crippen LogP contribution in [0, 0.1) is 12.3 Å². The maximum atomic E-state index is 5.68. The Morgan fingerprint density at radius 2 is 2.00 bits per heavy atom. The fourth-order valence-corrected chi connectivity index (χ4v) is 3.88. The summed E-state index contributed by atoms with van der Waals surface area (Å²) in [6.07, 6.45) is 1.91. The molecule has 0 aromatic carbocycles. The topological polar surface area (TPSA) is 53.5 Å². The largest absolute Gasteiger partial charge is 0.406 e. The first-order valence-corrected chi connectivity index (χ1v) is 9.58. The average molecular weight is 320 g/mol. The molecule has 0 amide bonds. The molecule has 1 fully saturated rings. The van der Waals surface area contributed by atoms with Gasteiger partial charge in [0.2, 0.25) is 5.88 Å². The van der Waals surface area contributed by atoms with Crippen molar-refractivity contribution in [3.8, 4) is 5.88 Å². The van der Waals surface area contributed by atoms with Crippen LogP contribution in [0.1, 0.15) is 19.5 Å². The first kappa shape index (κ1) is 15.2. The standard InChI is InChI=1S/C11H17N2O3PS2/c1-8-5-9(13-10(12-8)19-4)16-17(18)14-6-11(2,3)7-15-17/h5H,6-7H2,1-4H3. The second-order valence-corrected chi connectivity index (χ2v) is 8.79. The van der Waals surface area contributed by atoms with Crippen molar-refractivity contribution in [1.29, 1.82) is 0 Å². The van der Waals surface area contributed by atoms with Gasteiger partial charge < -0.3 is 4.52 Å². The normalized spacial score (nSPS) is 21.1. The second-order valence-electron chi connectivity index (χ2n) is 5.08. The Kier molecular flexibility index (Phi) is 4.52. The lowest BCUT2D eigenvalue weighted by Crippen LogP contribution is -2.30. The summed E-state index contributed by atoms with van der Waals surface area (Å²) in [4.78, 5) is 8.52. The van der Waals surface area contributed by atoms with Crippen LogP contribution in [0.5, 0.6) is 5.88 Å². The predicted octanol–water partition coefficient (Wildman–Crippen LogP) is 3.18. The van der Waals surface area contributed by atoms with Crippen molar-refractivity contribution in [2.75, 3.05) is 19.5 Å². The van der Waals surface area contributed by atoms with Crippen LogP contribution in [0.2, 0.25) is 0 Å². The number of nitrogens with zero attached hydrogens (tertiary/aromatic N) is 2. The number of thioether (sulfide) groups is 1. The van der Waals surface area contributed by atoms with Crippen LogP contribution < -0.4 is 4.52 Å². The first-order chi connectivity index (χ1) is 8.82. The van der Waals surface area contributed by atoms with E-state index in [9.17, 15) is 0 Å². The van der Waals surface area contributed by atoms with E-state index in [1.54, 1.807) is 6.07 Å². The van der Waals surface area contributed by atoms with Crippen molar-refractivity contribution in [2.24, 2.45) is 5.41 Å². The lowest BCUT2D eigenvalue weighted by Gasteiger charge is -2.35. The third-order valence-electron chi connectivity index (χ3n) is 2.42. The minimum absolute atomic E-state index is 0.0301. The summed E-state index contributed by atoms with van der Waals surface area (Å²) in [5, 5.41) is 0.647. The Morgan fingerprint density at radius 1 is 1.37 bits per heavy atom. The van der Waals surface area contributed by atoms with Gasteiger partial charge in [-0.25, -0.2) is 4.98 Å². The highest BCUT2D eigenvalue weighted by molar-refractivity contribution is 8.07. The van der Waals surface area contributed by atoms with E-state index in [1.807, 2.05) is 13.2 Å². The monoisotopic (exact) mass is 320 g/mol. The molecule has 1 aromatic heterocycles. The SMILES string of the molecule is CSc1nc(C)cc(OP2(=S)OCC(C)(C)CO2)n1. The van der Waals surface area contributed by atoms with Crippen molar-refractivity contribution >= 4 is 30.3 Å². The minimum atomic E-state index is -2.73. The number of aromatic nitrogens is 2. The highest BCUT2D eigenvalue weighted by Crippen LogP contribution is 2.54. The van der Waals surface area contributed by atoms with Crippen LogP contribution in [0.4, 0.5) is 0 Å². The fourth-order valence-electron chi connectivity index (χ4n) is 1.41. The van der Waals surface area contributed by atoms with Crippen LogP contribution in [-0.2, 0) is 20.9 Å². The van der Waals surface area contributed by atoms with Gasteiger partial charge in [-0.1, -0.05) is 25.6 Å². The van der Waals surface area contributed by atoms with Crippen molar-refractivity contribution in [3.63, 3.8) is 0 Å². The van der Waals surface area contributed by atoms with Gasteiger partial charge in [0.1, 0.15) is 0 Å². The van der Waals surface area contributed by atoms with E-state index in [1.165, 1.54) is 11.8 Å². The zero-order valence-electron chi connectivity index (χ0n) is 11.4. The molecule has 2 rings (SSSR count). The van der Waals surface area contributed by atoms with Crippen LogP contribution in [0.25, 0.3) is 0 Å². The van der Waals surface area contributed by atoms with Crippen LogP contribution >= 0.6 is 18.5 Å². The first-order valence-electron chi connectivity index (χ1n) is 5.80. The highest BCUT2D eigenvalue weighted by Gasteiger charge is 2.35. The van der Waals surface area contributed by atoms with Crippen LogP contribution in [0.15, 0.2) is 11.2 Å². The molecule has 19 heavy (non-hydrogen) atoms. The zero-order valence-corrected chi connectivity index (χ0v) is 13.9. The summed E-state index contributed by atoms with van der Waals surface area (Å²) in [7, 11) is 0. The van der Waals surface area contributed by atoms with E-state index in [0.29, 0.717) is 24.3 Å². The summed E-state index contributed by atoms with van der Waals surface area (Å²) in [5.41, 5.74) is 0.797. The van der Waals surface area contributed by atoms with E-state index in [4.69, 9.17) is 25.4 Å². The highest BCUT2D eigenvalue weighted by atomic mass is 32.5. The van der Waals surface area contributed by atoms with Gasteiger partial charge in [-0.3, -0.25) is 9.05 Å². The summed E-state index contributed by atoms with van der Waals surface area (Å²) >= 11 is 6.79. The van der Waals surface area contributed by atoms with E-state index in [0.717, 1.165) is 5.69 Å². The maximum Gasteiger partial charge on any atom is 0.381 e. The van der Waals surface area contributed by atoms with Crippen LogP contribution in [0.3, 0.4) is 0 Å². The smallest absolute Gasteiger partial charge is 0.381 e. The molecule has 0 unspecified atom stereocenters. The Labute approximate surface area is 122 Å². The van der Waals surface area contributed by atoms with Crippen molar-refractivity contribution in [1.82, 2.24) is 9.97 Å². The molecular weight excluding hydrogens is 303 g/mol. The van der Waals surface area contributed by atoms with Gasteiger partial charge in [0.05, 0.1) is 13.2 Å². The number of aryl methyl sites for hydroxylation is 1. The molecule has 1 aliphatic rings. The Hall–Kier alpha value is -0.200. The summed E-state index contributed by atoms with van der Waals surface area (Å²) in [6.45, 7) is 4.34. The molecule has 1 aliphatic heterocycles. The Morgan fingerprint density at radius 3 is 2.58 bits per heavy atom. The van der Waals surface area contributed by atoms with E-state index in [2.05, 4.69) is 23.8 Å². The van der Waals surface area contributed by atoms with Gasteiger partial charge >= 0.3 is 6.72 Å². The molecule has 0 bridgehead atoms. The molecular formula is C11H17N2O3PS2. The van der Waals surface area contributed by atoms with Gasteiger partial charge in [0, 0.05) is 29.0 Å². The fraction of sp³-hybridized carbons (Fsp3) is 0.636. The molecule has 106 valence electrons. The van der Waals surface area contributed by atoms with Gasteiger partial charge in [-0.05, 0) is 13.2 Å². The number of rotatable bonds is 3. The molecule has 8 heteroatoms. The van der Waals surface area contributed by atoms with E-state index < -0.39 is 6.72 Å². The van der Waals surface area contributed by atoms with Crippen LogP contribution in [-0.4, -0.2) is 29.4 Å². The molecule has 0 spiro atoms. The van der Waals surface area contributed by atoms with Crippen molar-refractivity contribution in [2.45, 2.75) is 25.9 Å². The molecule has 1 aromatic rings. The van der Waals surface area contributed by atoms with E-state index >= 15 is 0 Å². The van der Waals surface area contributed by atoms with E-state index in [-0.39, 0.29) is 5.41 Å². The molecule has 0 atom stereocenters. The second kappa shape index (κ2) is 5.66. The summed E-state index contributed by atoms with van der Waals surface area (Å²) in [5.74, 6) is 0.417. The molecule has 0 radical (unpaired) electrons. The average Bonchev–Trinajstić information content (AvgIpc) is 2.33.